The van der Waals surface area contributed by atoms with Crippen LogP contribution in [0.25, 0.3) is 11.0 Å². The van der Waals surface area contributed by atoms with Crippen LogP contribution in [0.15, 0.2) is 6.20 Å². The van der Waals surface area contributed by atoms with Gasteiger partial charge in [-0.05, 0) is 19.8 Å². The van der Waals surface area contributed by atoms with Crippen LogP contribution in [0, 0.1) is 6.92 Å². The van der Waals surface area contributed by atoms with Gasteiger partial charge in [-0.2, -0.15) is 5.10 Å². The van der Waals surface area contributed by atoms with Gasteiger partial charge in [-0.25, -0.2) is 14.8 Å². The topological polar surface area (TPSA) is 79.6 Å². The maximum Gasteiger partial charge on any atom is 0.320 e. The molecule has 4 rings (SSSR count). The Kier molecular flexibility index (Phi) is 4.86. The van der Waals surface area contributed by atoms with Gasteiger partial charge in [0, 0.05) is 40.3 Å². The second kappa shape index (κ2) is 7.30. The van der Waals surface area contributed by atoms with Gasteiger partial charge in [0.15, 0.2) is 5.65 Å². The second-order valence-electron chi connectivity index (χ2n) is 7.33. The predicted molar refractivity (Wildman–Crippen MR) is 102 cm³/mol. The zero-order chi connectivity index (χ0) is 19.0. The maximum atomic E-state index is 12.8. The van der Waals surface area contributed by atoms with Crippen molar-refractivity contribution in [1.29, 1.82) is 0 Å². The van der Waals surface area contributed by atoms with Crippen molar-refractivity contribution >= 4 is 22.9 Å². The maximum absolute atomic E-state index is 12.8. The molecule has 4 heterocycles. The number of hydrogen-bond donors (Lipinski definition) is 0. The fourth-order valence-corrected chi connectivity index (χ4v) is 3.95. The zero-order valence-electron chi connectivity index (χ0n) is 16.3. The van der Waals surface area contributed by atoms with Crippen molar-refractivity contribution in [2.24, 2.45) is 7.05 Å². The van der Waals surface area contributed by atoms with E-state index in [4.69, 9.17) is 9.72 Å². The first-order valence-corrected chi connectivity index (χ1v) is 9.55. The van der Waals surface area contributed by atoms with Gasteiger partial charge in [0.05, 0.1) is 30.8 Å². The van der Waals surface area contributed by atoms with E-state index in [9.17, 15) is 4.79 Å². The molecule has 2 fully saturated rings. The molecular weight excluding hydrogens is 346 g/mol. The second-order valence-corrected chi connectivity index (χ2v) is 7.33. The Labute approximate surface area is 158 Å². The first-order chi connectivity index (χ1) is 13.0. The van der Waals surface area contributed by atoms with E-state index in [0.717, 1.165) is 48.6 Å². The van der Waals surface area contributed by atoms with Crippen LogP contribution < -0.4 is 4.90 Å². The van der Waals surface area contributed by atoms with Gasteiger partial charge in [-0.15, -0.1) is 0 Å². The number of aromatic nitrogens is 4. The Balaban J connectivity index is 1.54. The molecule has 2 amide bonds. The van der Waals surface area contributed by atoms with Crippen LogP contribution in [-0.2, 0) is 11.8 Å². The van der Waals surface area contributed by atoms with E-state index >= 15 is 0 Å². The molecule has 2 aliphatic rings. The lowest BCUT2D eigenvalue weighted by atomic mass is 10.0. The van der Waals surface area contributed by atoms with Crippen LogP contribution in [0.1, 0.15) is 18.7 Å². The van der Waals surface area contributed by atoms with Crippen molar-refractivity contribution in [2.75, 3.05) is 51.3 Å². The minimum absolute atomic E-state index is 0.0931. The molecule has 0 spiro atoms. The monoisotopic (exact) mass is 373 g/mol. The van der Waals surface area contributed by atoms with Crippen molar-refractivity contribution in [3.63, 3.8) is 0 Å². The van der Waals surface area contributed by atoms with Crippen LogP contribution in [0.5, 0.6) is 0 Å². The van der Waals surface area contributed by atoms with Crippen LogP contribution in [0.4, 0.5) is 10.6 Å². The summed E-state index contributed by atoms with van der Waals surface area (Å²) in [5.74, 6) is 1.66. The van der Waals surface area contributed by atoms with E-state index in [-0.39, 0.29) is 12.1 Å². The van der Waals surface area contributed by atoms with E-state index in [1.165, 1.54) is 0 Å². The minimum Gasteiger partial charge on any atom is -0.378 e. The quantitative estimate of drug-likeness (QED) is 0.782. The fourth-order valence-electron chi connectivity index (χ4n) is 3.95. The SMILES string of the molecule is Cc1nc(N2CCCC(N(C)C(=O)N3CCOCC3)C2)c2cnn(C)c2n1. The van der Waals surface area contributed by atoms with Crippen LogP contribution in [-0.4, -0.2) is 88.1 Å². The Hall–Kier alpha value is -2.42. The molecule has 27 heavy (non-hydrogen) atoms. The van der Waals surface area contributed by atoms with Gasteiger partial charge < -0.3 is 19.4 Å². The van der Waals surface area contributed by atoms with Crippen molar-refractivity contribution in [3.8, 4) is 0 Å². The molecule has 9 nitrogen and oxygen atoms in total. The zero-order valence-corrected chi connectivity index (χ0v) is 16.3. The molecule has 0 radical (unpaired) electrons. The number of amides is 2. The third-order valence-corrected chi connectivity index (χ3v) is 5.51. The third kappa shape index (κ3) is 3.43. The molecular formula is C18H27N7O2. The molecule has 2 aromatic heterocycles. The van der Waals surface area contributed by atoms with Crippen LogP contribution in [0.3, 0.4) is 0 Å². The third-order valence-electron chi connectivity index (χ3n) is 5.51. The summed E-state index contributed by atoms with van der Waals surface area (Å²) < 4.78 is 7.14. The smallest absolute Gasteiger partial charge is 0.320 e. The fraction of sp³-hybridized carbons (Fsp3) is 0.667. The summed E-state index contributed by atoms with van der Waals surface area (Å²) in [7, 11) is 3.81. The number of nitrogens with zero attached hydrogens (tertiary/aromatic N) is 7. The van der Waals surface area contributed by atoms with Gasteiger partial charge >= 0.3 is 6.03 Å². The highest BCUT2D eigenvalue weighted by molar-refractivity contribution is 5.87. The molecule has 2 saturated heterocycles. The highest BCUT2D eigenvalue weighted by Gasteiger charge is 2.30. The number of carbonyl (C=O) groups excluding carboxylic acids is 1. The molecule has 0 aliphatic carbocycles. The van der Waals surface area contributed by atoms with Gasteiger partial charge in [-0.3, -0.25) is 4.68 Å². The Morgan fingerprint density at radius 1 is 1.26 bits per heavy atom. The number of morpholine rings is 1. The van der Waals surface area contributed by atoms with E-state index in [0.29, 0.717) is 26.3 Å². The minimum atomic E-state index is 0.0931. The van der Waals surface area contributed by atoms with Gasteiger partial charge in [0.1, 0.15) is 11.6 Å². The number of likely N-dealkylation sites (N-methyl/N-ethyl adjacent to an activating group) is 1. The normalized spacial score (nSPS) is 20.9. The number of piperidine rings is 1. The average Bonchev–Trinajstić information content (AvgIpc) is 3.07. The lowest BCUT2D eigenvalue weighted by Crippen LogP contribution is -2.54. The summed E-state index contributed by atoms with van der Waals surface area (Å²) in [5.41, 5.74) is 0.845. The average molecular weight is 373 g/mol. The molecule has 1 unspecified atom stereocenters. The molecule has 0 N–H and O–H groups in total. The first-order valence-electron chi connectivity index (χ1n) is 9.55. The largest absolute Gasteiger partial charge is 0.378 e. The summed E-state index contributed by atoms with van der Waals surface area (Å²) in [6.07, 6.45) is 3.86. The summed E-state index contributed by atoms with van der Waals surface area (Å²) in [6, 6.07) is 0.256. The van der Waals surface area contributed by atoms with Crippen LogP contribution >= 0.6 is 0 Å². The first kappa shape index (κ1) is 18.0. The summed E-state index contributed by atoms with van der Waals surface area (Å²) >= 11 is 0. The molecule has 9 heteroatoms. The van der Waals surface area contributed by atoms with E-state index < -0.39 is 0 Å². The number of urea groups is 1. The van der Waals surface area contributed by atoms with Gasteiger partial charge in [0.25, 0.3) is 0 Å². The Morgan fingerprint density at radius 2 is 2.04 bits per heavy atom. The summed E-state index contributed by atoms with van der Waals surface area (Å²) in [6.45, 7) is 6.18. The molecule has 0 saturated carbocycles. The van der Waals surface area contributed by atoms with Gasteiger partial charge in [-0.1, -0.05) is 0 Å². The molecule has 0 aromatic carbocycles. The lowest BCUT2D eigenvalue weighted by molar-refractivity contribution is 0.0414. The van der Waals surface area contributed by atoms with Crippen molar-refractivity contribution < 1.29 is 9.53 Å². The Morgan fingerprint density at radius 3 is 2.81 bits per heavy atom. The van der Waals surface area contributed by atoms with E-state index in [1.54, 1.807) is 4.68 Å². The summed E-state index contributed by atoms with van der Waals surface area (Å²) in [5, 5.41) is 5.30. The Bertz CT molecular complexity index is 830. The molecule has 1 atom stereocenters. The standard InChI is InChI=1S/C18H27N7O2/c1-13-20-16-15(11-19-23(16)3)17(21-13)25-6-4-5-14(12-25)22(2)18(26)24-7-9-27-10-8-24/h11,14H,4-10,12H2,1-3H3. The number of aryl methyl sites for hydroxylation is 2. The summed E-state index contributed by atoms with van der Waals surface area (Å²) in [4.78, 5) is 28.1. The number of rotatable bonds is 2. The van der Waals surface area contributed by atoms with Crippen molar-refractivity contribution in [2.45, 2.75) is 25.8 Å². The number of hydrogen-bond acceptors (Lipinski definition) is 6. The lowest BCUT2D eigenvalue weighted by Gasteiger charge is -2.40. The number of anilines is 1. The number of ether oxygens (including phenoxy) is 1. The molecule has 2 aromatic rings. The van der Waals surface area contributed by atoms with E-state index in [2.05, 4.69) is 15.0 Å². The van der Waals surface area contributed by atoms with Crippen LogP contribution in [0.2, 0.25) is 0 Å². The molecule has 146 valence electrons. The predicted octanol–water partition coefficient (Wildman–Crippen LogP) is 1.02. The number of fused-ring (bicyclic) bond motifs is 1. The van der Waals surface area contributed by atoms with E-state index in [1.807, 2.05) is 37.0 Å². The molecule has 2 aliphatic heterocycles. The van der Waals surface area contributed by atoms with Crippen molar-refractivity contribution in [1.82, 2.24) is 29.5 Å². The highest BCUT2D eigenvalue weighted by Crippen LogP contribution is 2.27. The van der Waals surface area contributed by atoms with Crippen molar-refractivity contribution in [3.05, 3.63) is 12.0 Å². The molecule has 0 bridgehead atoms. The number of carbonyl (C=O) groups is 1. The van der Waals surface area contributed by atoms with Gasteiger partial charge in [0.2, 0.25) is 0 Å². The highest BCUT2D eigenvalue weighted by atomic mass is 16.5.